The van der Waals surface area contributed by atoms with Gasteiger partial charge in [-0.3, -0.25) is 9.36 Å². The van der Waals surface area contributed by atoms with Crippen molar-refractivity contribution in [3.63, 3.8) is 0 Å². The molecule has 0 spiro atoms. The van der Waals surface area contributed by atoms with Gasteiger partial charge >= 0.3 is 0 Å². The molecule has 4 aromatic rings. The van der Waals surface area contributed by atoms with Crippen molar-refractivity contribution in [2.45, 2.75) is 30.3 Å². The number of nitrogens with one attached hydrogen (secondary N) is 1. The lowest BCUT2D eigenvalue weighted by Gasteiger charge is -2.18. The van der Waals surface area contributed by atoms with Gasteiger partial charge in [0.2, 0.25) is 5.91 Å². The smallest absolute Gasteiger partial charge is 0.233 e. The van der Waals surface area contributed by atoms with Gasteiger partial charge in [0.25, 0.3) is 0 Å². The molecule has 4 rings (SSSR count). The number of carbonyl (C=O) groups excluding carboxylic acids is 1. The second-order valence-corrected chi connectivity index (χ2v) is 8.81. The molecule has 0 aliphatic rings. The maximum atomic E-state index is 14.7. The molecule has 3 aromatic carbocycles. The van der Waals surface area contributed by atoms with Gasteiger partial charge in [-0.15, -0.1) is 10.2 Å². The maximum Gasteiger partial charge on any atom is 0.233 e. The first-order valence-corrected chi connectivity index (χ1v) is 11.3. The van der Waals surface area contributed by atoms with Crippen molar-refractivity contribution in [2.75, 3.05) is 0 Å². The number of carbonyl (C=O) groups is 1. The first-order chi connectivity index (χ1) is 15.9. The van der Waals surface area contributed by atoms with Gasteiger partial charge in [0, 0.05) is 11.6 Å². The van der Waals surface area contributed by atoms with E-state index in [4.69, 9.17) is 0 Å². The zero-order chi connectivity index (χ0) is 23.4. The number of rotatable bonds is 7. The summed E-state index contributed by atoms with van der Waals surface area (Å²) >= 11 is 1.16. The molecule has 33 heavy (non-hydrogen) atoms. The minimum absolute atomic E-state index is 0.105. The molecule has 168 valence electrons. The van der Waals surface area contributed by atoms with Crippen LogP contribution in [0.3, 0.4) is 0 Å². The highest BCUT2D eigenvalue weighted by Gasteiger charge is 2.24. The summed E-state index contributed by atoms with van der Waals surface area (Å²) in [5.41, 5.74) is 1.81. The van der Waals surface area contributed by atoms with Crippen LogP contribution in [0.1, 0.15) is 25.5 Å². The van der Waals surface area contributed by atoms with Crippen LogP contribution >= 0.6 is 11.8 Å². The van der Waals surface area contributed by atoms with E-state index < -0.39 is 16.9 Å². The van der Waals surface area contributed by atoms with Crippen molar-refractivity contribution >= 4 is 17.7 Å². The maximum absolute atomic E-state index is 14.7. The van der Waals surface area contributed by atoms with Gasteiger partial charge in [-0.2, -0.15) is 0 Å². The van der Waals surface area contributed by atoms with Crippen LogP contribution in [-0.4, -0.2) is 25.9 Å². The summed E-state index contributed by atoms with van der Waals surface area (Å²) in [4.78, 5) is 12.9. The number of hydrogen-bond donors (Lipinski definition) is 1. The molecule has 0 bridgehead atoms. The molecule has 1 N–H and O–H groups in total. The normalized spacial score (nSPS) is 12.8. The monoisotopic (exact) mass is 464 g/mol. The lowest BCUT2D eigenvalue weighted by molar-refractivity contribution is -0.120. The lowest BCUT2D eigenvalue weighted by atomic mass is 10.1. The van der Waals surface area contributed by atoms with Gasteiger partial charge in [0.1, 0.15) is 11.6 Å². The summed E-state index contributed by atoms with van der Waals surface area (Å²) in [6, 6.07) is 22.0. The highest BCUT2D eigenvalue weighted by atomic mass is 32.2. The van der Waals surface area contributed by atoms with Gasteiger partial charge in [-0.1, -0.05) is 72.4 Å². The van der Waals surface area contributed by atoms with E-state index in [1.54, 1.807) is 6.92 Å². The number of thioether (sulfide) groups is 1. The van der Waals surface area contributed by atoms with Gasteiger partial charge < -0.3 is 5.32 Å². The van der Waals surface area contributed by atoms with E-state index >= 15 is 0 Å². The number of halogens is 2. The Kier molecular flexibility index (Phi) is 6.84. The number of nitrogens with zero attached hydrogens (tertiary/aromatic N) is 3. The quantitative estimate of drug-likeness (QED) is 0.363. The van der Waals surface area contributed by atoms with E-state index in [1.807, 2.05) is 67.6 Å². The molecule has 0 aliphatic heterocycles. The van der Waals surface area contributed by atoms with E-state index in [-0.39, 0.29) is 17.6 Å². The molecule has 1 aromatic heterocycles. The SMILES string of the molecule is CC(Sc1nnc(-c2ccccc2)n1-c1ccc(F)cc1F)C(=O)NC(C)c1ccccc1. The molecule has 0 saturated heterocycles. The van der Waals surface area contributed by atoms with Crippen LogP contribution in [0.25, 0.3) is 17.1 Å². The molecule has 2 atom stereocenters. The molecule has 5 nitrogen and oxygen atoms in total. The third-order valence-corrected chi connectivity index (χ3v) is 6.17. The van der Waals surface area contributed by atoms with E-state index in [9.17, 15) is 13.6 Å². The Hall–Kier alpha value is -3.52. The summed E-state index contributed by atoms with van der Waals surface area (Å²) in [7, 11) is 0. The standard InChI is InChI=1S/C25H22F2N4OS/c1-16(18-9-5-3-6-10-18)28-24(32)17(2)33-25-30-29-23(19-11-7-4-8-12-19)31(25)22-14-13-20(26)15-21(22)27/h3-17H,1-2H3,(H,28,32). The molecule has 0 fully saturated rings. The van der Waals surface area contributed by atoms with Gasteiger partial charge in [-0.05, 0) is 31.5 Å². The molecule has 0 aliphatic carbocycles. The second-order valence-electron chi connectivity index (χ2n) is 7.50. The Morgan fingerprint density at radius 2 is 1.61 bits per heavy atom. The highest BCUT2D eigenvalue weighted by molar-refractivity contribution is 8.00. The van der Waals surface area contributed by atoms with Crippen LogP contribution in [0, 0.1) is 11.6 Å². The van der Waals surface area contributed by atoms with Crippen LogP contribution in [0.15, 0.2) is 84.0 Å². The summed E-state index contributed by atoms with van der Waals surface area (Å²) < 4.78 is 29.8. The van der Waals surface area contributed by atoms with Crippen molar-refractivity contribution in [2.24, 2.45) is 0 Å². The molecule has 1 heterocycles. The van der Waals surface area contributed by atoms with E-state index in [0.717, 1.165) is 29.0 Å². The Labute approximate surface area is 194 Å². The first-order valence-electron chi connectivity index (χ1n) is 10.4. The predicted octanol–water partition coefficient (Wildman–Crippen LogP) is 5.57. The van der Waals surface area contributed by atoms with Crippen molar-refractivity contribution in [3.8, 4) is 17.1 Å². The summed E-state index contributed by atoms with van der Waals surface area (Å²) in [6.45, 7) is 3.66. The first kappa shape index (κ1) is 22.7. The Balaban J connectivity index is 1.63. The minimum Gasteiger partial charge on any atom is -0.349 e. The van der Waals surface area contributed by atoms with Crippen molar-refractivity contribution in [1.82, 2.24) is 20.1 Å². The van der Waals surface area contributed by atoms with Crippen LogP contribution in [-0.2, 0) is 4.79 Å². The highest BCUT2D eigenvalue weighted by Crippen LogP contribution is 2.31. The Morgan fingerprint density at radius 1 is 0.939 bits per heavy atom. The Bertz CT molecular complexity index is 1250. The van der Waals surface area contributed by atoms with E-state index in [2.05, 4.69) is 15.5 Å². The topological polar surface area (TPSA) is 59.8 Å². The number of benzene rings is 3. The average Bonchev–Trinajstić information content (AvgIpc) is 3.23. The van der Waals surface area contributed by atoms with Crippen LogP contribution < -0.4 is 5.32 Å². The molecule has 1 amide bonds. The number of amides is 1. The number of aromatic nitrogens is 3. The Morgan fingerprint density at radius 3 is 2.27 bits per heavy atom. The van der Waals surface area contributed by atoms with Crippen LogP contribution in [0.5, 0.6) is 0 Å². The largest absolute Gasteiger partial charge is 0.349 e. The summed E-state index contributed by atoms with van der Waals surface area (Å²) in [6.07, 6.45) is 0. The van der Waals surface area contributed by atoms with Crippen molar-refractivity contribution < 1.29 is 13.6 Å². The summed E-state index contributed by atoms with van der Waals surface area (Å²) in [5.74, 6) is -1.22. The fourth-order valence-corrected chi connectivity index (χ4v) is 4.24. The molecule has 8 heteroatoms. The second kappa shape index (κ2) is 9.95. The van der Waals surface area contributed by atoms with Crippen LogP contribution in [0.4, 0.5) is 8.78 Å². The third-order valence-electron chi connectivity index (χ3n) is 5.13. The van der Waals surface area contributed by atoms with Crippen LogP contribution in [0.2, 0.25) is 0 Å². The predicted molar refractivity (Wildman–Crippen MR) is 125 cm³/mol. The van der Waals surface area contributed by atoms with E-state index in [1.165, 1.54) is 16.7 Å². The third kappa shape index (κ3) is 5.12. The minimum atomic E-state index is -0.747. The van der Waals surface area contributed by atoms with Crippen molar-refractivity contribution in [3.05, 3.63) is 96.1 Å². The molecule has 0 radical (unpaired) electrons. The van der Waals surface area contributed by atoms with Gasteiger partial charge in [0.15, 0.2) is 11.0 Å². The summed E-state index contributed by atoms with van der Waals surface area (Å²) in [5, 5.41) is 11.3. The molecular weight excluding hydrogens is 442 g/mol. The molecule has 0 saturated carbocycles. The van der Waals surface area contributed by atoms with E-state index in [0.29, 0.717) is 11.0 Å². The molecule has 2 unspecified atom stereocenters. The van der Waals surface area contributed by atoms with Crippen molar-refractivity contribution in [1.29, 1.82) is 0 Å². The van der Waals surface area contributed by atoms with Gasteiger partial charge in [-0.25, -0.2) is 8.78 Å². The number of hydrogen-bond acceptors (Lipinski definition) is 4. The zero-order valence-electron chi connectivity index (χ0n) is 18.1. The lowest BCUT2D eigenvalue weighted by Crippen LogP contribution is -2.33. The van der Waals surface area contributed by atoms with Gasteiger partial charge in [0.05, 0.1) is 17.0 Å². The fraction of sp³-hybridized carbons (Fsp3) is 0.160. The fourth-order valence-electron chi connectivity index (χ4n) is 3.37. The average molecular weight is 465 g/mol. The molecular formula is C25H22F2N4OS. The zero-order valence-corrected chi connectivity index (χ0v) is 18.9.